The quantitative estimate of drug-likeness (QED) is 0.0829. The Hall–Kier alpha value is -4.21. The topological polar surface area (TPSA) is 113 Å². The van der Waals surface area contributed by atoms with Crippen molar-refractivity contribution in [3.63, 3.8) is 0 Å². The van der Waals surface area contributed by atoms with E-state index in [1.165, 1.54) is 37.7 Å². The van der Waals surface area contributed by atoms with Gasteiger partial charge in [-0.25, -0.2) is 26.9 Å². The van der Waals surface area contributed by atoms with Crippen LogP contribution >= 0.6 is 34.5 Å². The normalized spacial score (nSPS) is 28.9. The summed E-state index contributed by atoms with van der Waals surface area (Å²) >= 11 is 15.6. The molecule has 2 aliphatic carbocycles. The highest BCUT2D eigenvalue weighted by atomic mass is 35.5. The molecule has 3 fully saturated rings. The van der Waals surface area contributed by atoms with E-state index in [1.807, 2.05) is 0 Å². The van der Waals surface area contributed by atoms with Crippen LogP contribution < -0.4 is 14.4 Å². The number of halogens is 7. The number of nitrogens with zero attached hydrogens (tertiary/aromatic N) is 2. The summed E-state index contributed by atoms with van der Waals surface area (Å²) in [6, 6.07) is 5.91. The number of aromatic hydroxyl groups is 1. The molecule has 2 saturated heterocycles. The molecule has 0 spiro atoms. The molecule has 9 nitrogen and oxygen atoms in total. The Balaban J connectivity index is 1.46. The van der Waals surface area contributed by atoms with Gasteiger partial charge >= 0.3 is 0 Å². The second-order valence-corrected chi connectivity index (χ2v) is 14.6. The van der Waals surface area contributed by atoms with Crippen molar-refractivity contribution >= 4 is 63.9 Å². The number of carbonyl (C=O) groups excluding carboxylic acids is 4. The van der Waals surface area contributed by atoms with Crippen LogP contribution in [-0.4, -0.2) is 57.6 Å². The van der Waals surface area contributed by atoms with Crippen LogP contribution in [-0.2, 0) is 25.7 Å². The number of rotatable bonds is 6. The molecule has 0 radical (unpaired) electrons. The van der Waals surface area contributed by atoms with Crippen molar-refractivity contribution in [2.24, 2.45) is 17.8 Å². The summed E-state index contributed by atoms with van der Waals surface area (Å²) in [6.45, 7) is -0.0438. The average molecular weight is 758 g/mol. The zero-order chi connectivity index (χ0) is 36.2. The molecule has 2 aromatic carbocycles. The molecule has 0 bridgehead atoms. The Morgan fingerprint density at radius 3 is 2.18 bits per heavy atom. The lowest BCUT2D eigenvalue weighted by molar-refractivity contribution is -0.141. The number of imide groups is 2. The van der Waals surface area contributed by atoms with Crippen molar-refractivity contribution in [3.05, 3.63) is 80.8 Å². The van der Waals surface area contributed by atoms with Gasteiger partial charge < -0.3 is 14.6 Å². The number of carbonyl (C=O) groups is 4. The summed E-state index contributed by atoms with van der Waals surface area (Å²) in [5.74, 6) is -22.5. The third-order valence-electron chi connectivity index (χ3n) is 10.0. The number of benzene rings is 2. The van der Waals surface area contributed by atoms with Gasteiger partial charge in [0.15, 0.2) is 33.0 Å². The molecule has 1 saturated carbocycles. The Bertz CT molecular complexity index is 2040. The van der Waals surface area contributed by atoms with Crippen LogP contribution in [0.25, 0.3) is 0 Å². The minimum absolute atomic E-state index is 0.0438. The summed E-state index contributed by atoms with van der Waals surface area (Å²) in [5, 5.41) is 13.2. The number of thiophene rings is 1. The maximum atomic E-state index is 15.3. The van der Waals surface area contributed by atoms with E-state index in [2.05, 4.69) is 0 Å². The fraction of sp³-hybridized carbons (Fsp3) is 0.333. The highest BCUT2D eigenvalue weighted by Crippen LogP contribution is 2.67. The summed E-state index contributed by atoms with van der Waals surface area (Å²) in [5.41, 5.74) is -1.99. The Kier molecular flexibility index (Phi) is 7.99. The van der Waals surface area contributed by atoms with Gasteiger partial charge in [0, 0.05) is 28.5 Å². The summed E-state index contributed by atoms with van der Waals surface area (Å²) in [6.07, 6.45) is 0.797. The van der Waals surface area contributed by atoms with E-state index in [1.54, 1.807) is 17.5 Å². The molecular formula is C33H23Cl2F5N2O7S. The van der Waals surface area contributed by atoms with Crippen molar-refractivity contribution in [1.82, 2.24) is 4.90 Å². The number of alkyl halides is 2. The third kappa shape index (κ3) is 4.35. The summed E-state index contributed by atoms with van der Waals surface area (Å²) < 4.78 is 84.2. The minimum atomic E-state index is -2.83. The van der Waals surface area contributed by atoms with E-state index in [9.17, 15) is 37.5 Å². The SMILES string of the molecule is COc1cc(O)c(C2C3=CCC4C(=O)N(Cc5cccs5)C(=O)C4C3CC3(Cl)C(=O)N(c4c(F)c(F)c(F)c(F)c4F)C(=O)C23Cl)c(OC)c1. The maximum absolute atomic E-state index is 15.3. The number of ether oxygens (including phenoxy) is 2. The molecule has 17 heteroatoms. The van der Waals surface area contributed by atoms with Crippen LogP contribution in [0.1, 0.15) is 29.2 Å². The number of anilines is 1. The fourth-order valence-corrected chi connectivity index (χ4v) is 9.44. The van der Waals surface area contributed by atoms with Gasteiger partial charge in [0.05, 0.1) is 32.6 Å². The molecule has 1 aromatic heterocycles. The van der Waals surface area contributed by atoms with Crippen molar-refractivity contribution in [2.45, 2.75) is 35.1 Å². The number of allylic oxidation sites excluding steroid dienone is 2. The van der Waals surface area contributed by atoms with Gasteiger partial charge in [0.1, 0.15) is 22.9 Å². The van der Waals surface area contributed by atoms with Gasteiger partial charge in [-0.1, -0.05) is 17.7 Å². The van der Waals surface area contributed by atoms with Crippen LogP contribution in [0.15, 0.2) is 41.3 Å². The number of methoxy groups -OCH3 is 2. The molecule has 3 heterocycles. The lowest BCUT2D eigenvalue weighted by Gasteiger charge is -2.50. The molecule has 4 aliphatic rings. The number of amides is 4. The van der Waals surface area contributed by atoms with E-state index in [-0.39, 0.29) is 40.5 Å². The van der Waals surface area contributed by atoms with E-state index in [4.69, 9.17) is 32.7 Å². The molecule has 7 rings (SSSR count). The zero-order valence-electron chi connectivity index (χ0n) is 25.7. The maximum Gasteiger partial charge on any atom is 0.258 e. The molecule has 1 N–H and O–H groups in total. The van der Waals surface area contributed by atoms with Gasteiger partial charge in [0.25, 0.3) is 11.8 Å². The average Bonchev–Trinajstić information content (AvgIpc) is 3.74. The molecule has 2 aliphatic heterocycles. The van der Waals surface area contributed by atoms with E-state index < -0.39 is 104 Å². The molecule has 50 heavy (non-hydrogen) atoms. The highest BCUT2D eigenvalue weighted by Gasteiger charge is 2.77. The Labute approximate surface area is 293 Å². The van der Waals surface area contributed by atoms with Crippen LogP contribution in [0.5, 0.6) is 17.2 Å². The second-order valence-electron chi connectivity index (χ2n) is 12.3. The number of likely N-dealkylation sites (tertiary alicyclic amines) is 1. The fourth-order valence-electron chi connectivity index (χ4n) is 7.83. The largest absolute Gasteiger partial charge is 0.507 e. The zero-order valence-corrected chi connectivity index (χ0v) is 28.1. The first-order chi connectivity index (χ1) is 23.6. The van der Waals surface area contributed by atoms with E-state index >= 15 is 8.78 Å². The molecule has 262 valence electrons. The number of phenolic OH excluding ortho intramolecular Hbond substituents is 1. The van der Waals surface area contributed by atoms with Crippen LogP contribution in [0, 0.1) is 46.8 Å². The van der Waals surface area contributed by atoms with Crippen LogP contribution in [0.2, 0.25) is 0 Å². The number of hydrogen-bond acceptors (Lipinski definition) is 8. The number of fused-ring (bicyclic) bond motifs is 4. The predicted octanol–water partition coefficient (Wildman–Crippen LogP) is 5.93. The standard InChI is InChI=1S/C33H23Cl2F5N2O7S/c1-48-12-8-17(43)20(18(9-12)49-2)21-14-5-6-15-19(29(45)41(28(15)44)11-13-4-3-7-50-13)16(14)10-32(34)30(46)42(31(47)33(21,32)35)27-25(39)23(37)22(36)24(38)26(27)40/h3-5,7-9,15-16,19,21,43H,6,10-11H2,1-2H3. The smallest absolute Gasteiger partial charge is 0.258 e. The minimum Gasteiger partial charge on any atom is -0.507 e. The summed E-state index contributed by atoms with van der Waals surface area (Å²) in [4.78, 5) is 52.4. The first-order valence-electron chi connectivity index (χ1n) is 14.9. The van der Waals surface area contributed by atoms with Crippen molar-refractivity contribution < 1.29 is 55.7 Å². The van der Waals surface area contributed by atoms with Gasteiger partial charge in [-0.05, 0) is 30.2 Å². The third-order valence-corrected chi connectivity index (χ3v) is 12.3. The first kappa shape index (κ1) is 34.2. The number of hydrogen-bond donors (Lipinski definition) is 1. The molecule has 6 unspecified atom stereocenters. The Morgan fingerprint density at radius 2 is 1.58 bits per heavy atom. The van der Waals surface area contributed by atoms with Crippen molar-refractivity contribution in [1.29, 1.82) is 0 Å². The van der Waals surface area contributed by atoms with E-state index in [0.29, 0.717) is 4.88 Å². The van der Waals surface area contributed by atoms with Gasteiger partial charge in [-0.2, -0.15) is 0 Å². The molecule has 6 atom stereocenters. The molecular weight excluding hydrogens is 734 g/mol. The van der Waals surface area contributed by atoms with Gasteiger partial charge in [-0.3, -0.25) is 24.1 Å². The van der Waals surface area contributed by atoms with Crippen molar-refractivity contribution in [2.75, 3.05) is 19.1 Å². The van der Waals surface area contributed by atoms with Crippen molar-refractivity contribution in [3.8, 4) is 17.2 Å². The lowest BCUT2D eigenvalue weighted by atomic mass is 9.56. The van der Waals surface area contributed by atoms with Crippen LogP contribution in [0.4, 0.5) is 27.6 Å². The molecule has 4 amide bonds. The first-order valence-corrected chi connectivity index (χ1v) is 16.6. The predicted molar refractivity (Wildman–Crippen MR) is 168 cm³/mol. The Morgan fingerprint density at radius 1 is 0.920 bits per heavy atom. The van der Waals surface area contributed by atoms with Gasteiger partial charge in [0.2, 0.25) is 17.6 Å². The lowest BCUT2D eigenvalue weighted by Crippen LogP contribution is -2.60. The monoisotopic (exact) mass is 756 g/mol. The highest BCUT2D eigenvalue weighted by molar-refractivity contribution is 7.09. The van der Waals surface area contributed by atoms with Gasteiger partial charge in [-0.15, -0.1) is 34.5 Å². The summed E-state index contributed by atoms with van der Waals surface area (Å²) in [7, 11) is 2.48. The van der Waals surface area contributed by atoms with Crippen LogP contribution in [0.3, 0.4) is 0 Å². The second kappa shape index (κ2) is 11.7. The van der Waals surface area contributed by atoms with E-state index in [0.717, 1.165) is 11.0 Å². The molecule has 3 aromatic rings. The number of phenols is 1.